The summed E-state index contributed by atoms with van der Waals surface area (Å²) in [6.45, 7) is 8.88. The number of rotatable bonds is 4. The van der Waals surface area contributed by atoms with Gasteiger partial charge in [-0.3, -0.25) is 14.1 Å². The zero-order chi connectivity index (χ0) is 17.3. The van der Waals surface area contributed by atoms with Crippen molar-refractivity contribution in [1.29, 1.82) is 0 Å². The molecule has 1 atom stereocenters. The van der Waals surface area contributed by atoms with Crippen molar-refractivity contribution in [3.05, 3.63) is 46.0 Å². The maximum Gasteiger partial charge on any atom is 0.258 e. The highest BCUT2D eigenvalue weighted by Crippen LogP contribution is 2.22. The molecule has 0 saturated carbocycles. The van der Waals surface area contributed by atoms with Gasteiger partial charge in [0, 0.05) is 39.0 Å². The highest BCUT2D eigenvalue weighted by atomic mass is 16.5. The molecule has 24 heavy (non-hydrogen) atoms. The van der Waals surface area contributed by atoms with Crippen molar-refractivity contribution in [2.45, 2.75) is 39.0 Å². The van der Waals surface area contributed by atoms with Crippen LogP contribution in [0.2, 0.25) is 0 Å². The summed E-state index contributed by atoms with van der Waals surface area (Å²) in [6.07, 6.45) is 1.79. The SMILES string of the molecule is COC[C@H]1CN(Cc2cc(=O)n3cccc(C)c3n2)CC(C)(C)O1. The van der Waals surface area contributed by atoms with E-state index in [2.05, 4.69) is 18.7 Å². The zero-order valence-corrected chi connectivity index (χ0v) is 14.8. The Bertz CT molecular complexity index is 785. The number of hydrogen-bond donors (Lipinski definition) is 0. The van der Waals surface area contributed by atoms with Crippen molar-refractivity contribution in [2.75, 3.05) is 26.8 Å². The molecule has 1 fully saturated rings. The molecule has 130 valence electrons. The predicted octanol–water partition coefficient (Wildman–Crippen LogP) is 1.63. The minimum absolute atomic E-state index is 0.0297. The van der Waals surface area contributed by atoms with Crippen LogP contribution in [0.15, 0.2) is 29.2 Å². The average molecular weight is 331 g/mol. The Hall–Kier alpha value is -1.76. The van der Waals surface area contributed by atoms with Gasteiger partial charge in [0.05, 0.1) is 24.0 Å². The first-order valence-corrected chi connectivity index (χ1v) is 8.25. The van der Waals surface area contributed by atoms with Gasteiger partial charge in [-0.05, 0) is 32.4 Å². The number of aryl methyl sites for hydroxylation is 1. The molecule has 1 saturated heterocycles. The van der Waals surface area contributed by atoms with Crippen LogP contribution in [0.25, 0.3) is 5.65 Å². The lowest BCUT2D eigenvalue weighted by Gasteiger charge is -2.42. The van der Waals surface area contributed by atoms with Crippen molar-refractivity contribution in [3.63, 3.8) is 0 Å². The molecular formula is C18H25N3O3. The normalized spacial score (nSPS) is 21.2. The molecule has 2 aromatic rings. The van der Waals surface area contributed by atoms with E-state index in [1.165, 1.54) is 0 Å². The monoisotopic (exact) mass is 331 g/mol. The molecule has 0 unspecified atom stereocenters. The van der Waals surface area contributed by atoms with Gasteiger partial charge in [0.25, 0.3) is 5.56 Å². The second-order valence-electron chi connectivity index (χ2n) is 7.10. The van der Waals surface area contributed by atoms with Gasteiger partial charge >= 0.3 is 0 Å². The fourth-order valence-corrected chi connectivity index (χ4v) is 3.43. The van der Waals surface area contributed by atoms with Crippen LogP contribution in [-0.2, 0) is 16.0 Å². The molecule has 0 aliphatic carbocycles. The van der Waals surface area contributed by atoms with Gasteiger partial charge in [-0.15, -0.1) is 0 Å². The molecule has 1 aliphatic heterocycles. The third kappa shape index (κ3) is 3.66. The topological polar surface area (TPSA) is 56.1 Å². The van der Waals surface area contributed by atoms with E-state index in [9.17, 15) is 4.79 Å². The number of hydrogen-bond acceptors (Lipinski definition) is 5. The lowest BCUT2D eigenvalue weighted by atomic mass is 10.1. The smallest absolute Gasteiger partial charge is 0.258 e. The van der Waals surface area contributed by atoms with E-state index in [1.807, 2.05) is 19.1 Å². The molecule has 0 N–H and O–H groups in total. The number of methoxy groups -OCH3 is 1. The summed E-state index contributed by atoms with van der Waals surface area (Å²) in [5, 5.41) is 0. The molecule has 0 amide bonds. The minimum Gasteiger partial charge on any atom is -0.382 e. The van der Waals surface area contributed by atoms with E-state index < -0.39 is 0 Å². The number of aromatic nitrogens is 2. The lowest BCUT2D eigenvalue weighted by Crippen LogP contribution is -2.53. The predicted molar refractivity (Wildman–Crippen MR) is 92.3 cm³/mol. The van der Waals surface area contributed by atoms with Gasteiger partial charge in [-0.1, -0.05) is 6.07 Å². The Kier molecular flexibility index (Phi) is 4.71. The van der Waals surface area contributed by atoms with Gasteiger partial charge in [0.2, 0.25) is 0 Å². The maximum atomic E-state index is 12.3. The van der Waals surface area contributed by atoms with Crippen molar-refractivity contribution in [1.82, 2.24) is 14.3 Å². The molecular weight excluding hydrogens is 306 g/mol. The number of pyridine rings is 1. The minimum atomic E-state index is -0.247. The van der Waals surface area contributed by atoms with Crippen LogP contribution >= 0.6 is 0 Å². The second kappa shape index (κ2) is 6.63. The molecule has 6 nitrogen and oxygen atoms in total. The van der Waals surface area contributed by atoms with Gasteiger partial charge in [0.1, 0.15) is 5.65 Å². The summed E-state index contributed by atoms with van der Waals surface area (Å²) >= 11 is 0. The highest BCUT2D eigenvalue weighted by molar-refractivity contribution is 5.46. The van der Waals surface area contributed by atoms with Crippen LogP contribution < -0.4 is 5.56 Å². The number of fused-ring (bicyclic) bond motifs is 1. The Morgan fingerprint density at radius 3 is 3.00 bits per heavy atom. The van der Waals surface area contributed by atoms with Crippen LogP contribution in [0.3, 0.4) is 0 Å². The number of nitrogens with zero attached hydrogens (tertiary/aromatic N) is 3. The standard InChI is InChI=1S/C18H25N3O3/c1-13-6-5-7-21-16(22)8-14(19-17(13)21)9-20-10-15(11-23-4)24-18(2,3)12-20/h5-8,15H,9-12H2,1-4H3/t15-/m1/s1. The molecule has 3 rings (SSSR count). The van der Waals surface area contributed by atoms with Crippen molar-refractivity contribution < 1.29 is 9.47 Å². The van der Waals surface area contributed by atoms with Crippen LogP contribution in [0.1, 0.15) is 25.1 Å². The van der Waals surface area contributed by atoms with Gasteiger partial charge in [-0.2, -0.15) is 0 Å². The lowest BCUT2D eigenvalue weighted by molar-refractivity contribution is -0.154. The van der Waals surface area contributed by atoms with Crippen molar-refractivity contribution in [2.24, 2.45) is 0 Å². The Labute approximate surface area is 142 Å². The van der Waals surface area contributed by atoms with Gasteiger partial charge < -0.3 is 9.47 Å². The summed E-state index contributed by atoms with van der Waals surface area (Å²) < 4.78 is 12.9. The molecule has 2 aromatic heterocycles. The molecule has 6 heteroatoms. The van der Waals surface area contributed by atoms with Crippen molar-refractivity contribution >= 4 is 5.65 Å². The third-order valence-corrected chi connectivity index (χ3v) is 4.23. The Morgan fingerprint density at radius 2 is 2.25 bits per heavy atom. The molecule has 0 spiro atoms. The molecule has 3 heterocycles. The van der Waals surface area contributed by atoms with Crippen LogP contribution in [0, 0.1) is 6.92 Å². The summed E-state index contributed by atoms with van der Waals surface area (Å²) in [6, 6.07) is 5.46. The quantitative estimate of drug-likeness (QED) is 0.852. The van der Waals surface area contributed by atoms with E-state index in [0.29, 0.717) is 13.2 Å². The summed E-state index contributed by atoms with van der Waals surface area (Å²) in [5.74, 6) is 0. The summed E-state index contributed by atoms with van der Waals surface area (Å²) in [4.78, 5) is 19.3. The van der Waals surface area contributed by atoms with E-state index in [0.717, 1.165) is 30.0 Å². The second-order valence-corrected chi connectivity index (χ2v) is 7.10. The first kappa shape index (κ1) is 17.1. The Morgan fingerprint density at radius 1 is 1.46 bits per heavy atom. The number of ether oxygens (including phenoxy) is 2. The first-order chi connectivity index (χ1) is 11.4. The fourth-order valence-electron chi connectivity index (χ4n) is 3.43. The van der Waals surface area contributed by atoms with E-state index >= 15 is 0 Å². The van der Waals surface area contributed by atoms with Gasteiger partial charge in [0.15, 0.2) is 0 Å². The maximum absolute atomic E-state index is 12.3. The van der Waals surface area contributed by atoms with E-state index in [4.69, 9.17) is 14.5 Å². The van der Waals surface area contributed by atoms with E-state index in [1.54, 1.807) is 23.8 Å². The van der Waals surface area contributed by atoms with Crippen LogP contribution in [0.4, 0.5) is 0 Å². The third-order valence-electron chi connectivity index (χ3n) is 4.23. The molecule has 0 radical (unpaired) electrons. The molecule has 0 aromatic carbocycles. The average Bonchev–Trinajstić information content (AvgIpc) is 2.47. The van der Waals surface area contributed by atoms with E-state index in [-0.39, 0.29) is 17.3 Å². The van der Waals surface area contributed by atoms with Crippen molar-refractivity contribution in [3.8, 4) is 0 Å². The van der Waals surface area contributed by atoms with Gasteiger partial charge in [-0.25, -0.2) is 4.98 Å². The molecule has 1 aliphatic rings. The highest BCUT2D eigenvalue weighted by Gasteiger charge is 2.33. The van der Waals surface area contributed by atoms with Crippen LogP contribution in [0.5, 0.6) is 0 Å². The number of morpholine rings is 1. The first-order valence-electron chi connectivity index (χ1n) is 8.25. The summed E-state index contributed by atoms with van der Waals surface area (Å²) in [5.41, 5.74) is 2.23. The molecule has 0 bridgehead atoms. The largest absolute Gasteiger partial charge is 0.382 e. The van der Waals surface area contributed by atoms with Crippen LogP contribution in [-0.4, -0.2) is 52.8 Å². The fraction of sp³-hybridized carbons (Fsp3) is 0.556. The summed E-state index contributed by atoms with van der Waals surface area (Å²) in [7, 11) is 1.68. The Balaban J connectivity index is 1.86. The zero-order valence-electron chi connectivity index (χ0n) is 14.8.